The molecule has 2 aliphatic rings. The molecule has 1 atom stereocenters. The van der Waals surface area contributed by atoms with E-state index in [0.29, 0.717) is 24.1 Å². The second-order valence-electron chi connectivity index (χ2n) is 8.36. The molecular formula is C21H27N5O2S. The topological polar surface area (TPSA) is 99.0 Å². The van der Waals surface area contributed by atoms with Gasteiger partial charge in [0.05, 0.1) is 22.4 Å². The Morgan fingerprint density at radius 3 is 2.69 bits per heavy atom. The number of hydrogen-bond acceptors (Lipinski definition) is 7. The van der Waals surface area contributed by atoms with E-state index in [1.807, 2.05) is 12.1 Å². The fourth-order valence-corrected chi connectivity index (χ4v) is 5.65. The van der Waals surface area contributed by atoms with E-state index in [4.69, 9.17) is 5.26 Å². The van der Waals surface area contributed by atoms with E-state index in [1.165, 1.54) is 6.26 Å². The average Bonchev–Trinajstić information content (AvgIpc) is 3.23. The van der Waals surface area contributed by atoms with Crippen molar-refractivity contribution in [1.29, 1.82) is 5.26 Å². The van der Waals surface area contributed by atoms with Crippen molar-refractivity contribution in [2.75, 3.05) is 31.2 Å². The maximum absolute atomic E-state index is 11.8. The summed E-state index contributed by atoms with van der Waals surface area (Å²) in [6.07, 6.45) is 8.18. The number of fused-ring (bicyclic) bond motifs is 1. The number of benzene rings is 1. The van der Waals surface area contributed by atoms with Crippen LogP contribution in [0.4, 0.5) is 5.82 Å². The van der Waals surface area contributed by atoms with Gasteiger partial charge >= 0.3 is 0 Å². The number of nitrogens with zero attached hydrogens (tertiary/aromatic N) is 4. The lowest BCUT2D eigenvalue weighted by Gasteiger charge is -2.34. The van der Waals surface area contributed by atoms with Gasteiger partial charge in [-0.25, -0.2) is 18.4 Å². The Morgan fingerprint density at radius 2 is 2.00 bits per heavy atom. The number of sulfone groups is 1. The van der Waals surface area contributed by atoms with Gasteiger partial charge in [0.25, 0.3) is 0 Å². The third kappa shape index (κ3) is 4.51. The number of nitriles is 1. The minimum Gasteiger partial charge on any atom is -0.369 e. The highest BCUT2D eigenvalue weighted by Crippen LogP contribution is 2.31. The van der Waals surface area contributed by atoms with Crippen LogP contribution in [-0.2, 0) is 9.84 Å². The van der Waals surface area contributed by atoms with Crippen LogP contribution in [0.3, 0.4) is 0 Å². The van der Waals surface area contributed by atoms with Crippen LogP contribution in [-0.4, -0.2) is 60.5 Å². The molecule has 1 saturated carbocycles. The van der Waals surface area contributed by atoms with Crippen LogP contribution in [0.1, 0.15) is 37.7 Å². The van der Waals surface area contributed by atoms with Crippen LogP contribution >= 0.6 is 0 Å². The highest BCUT2D eigenvalue weighted by Gasteiger charge is 2.35. The van der Waals surface area contributed by atoms with Gasteiger partial charge in [-0.1, -0.05) is 0 Å². The number of aromatic nitrogens is 2. The Labute approximate surface area is 172 Å². The van der Waals surface area contributed by atoms with Gasteiger partial charge in [-0.15, -0.1) is 0 Å². The summed E-state index contributed by atoms with van der Waals surface area (Å²) in [6, 6.07) is 8.14. The van der Waals surface area contributed by atoms with Crippen molar-refractivity contribution >= 4 is 26.6 Å². The van der Waals surface area contributed by atoms with E-state index in [-0.39, 0.29) is 5.25 Å². The molecule has 8 heteroatoms. The Kier molecular flexibility index (Phi) is 5.70. The normalized spacial score (nSPS) is 25.7. The molecule has 1 N–H and O–H groups in total. The van der Waals surface area contributed by atoms with Crippen molar-refractivity contribution in [3.63, 3.8) is 0 Å². The second-order valence-corrected chi connectivity index (χ2v) is 10.7. The van der Waals surface area contributed by atoms with Gasteiger partial charge in [0, 0.05) is 30.8 Å². The van der Waals surface area contributed by atoms with Crippen LogP contribution < -0.4 is 5.32 Å². The summed E-state index contributed by atoms with van der Waals surface area (Å²) in [4.78, 5) is 11.0. The van der Waals surface area contributed by atoms with E-state index < -0.39 is 9.84 Å². The zero-order valence-electron chi connectivity index (χ0n) is 16.7. The highest BCUT2D eigenvalue weighted by atomic mass is 32.2. The largest absolute Gasteiger partial charge is 0.369 e. The number of anilines is 1. The molecule has 0 spiro atoms. The molecule has 7 nitrogen and oxygen atoms in total. The molecule has 0 bridgehead atoms. The third-order valence-electron chi connectivity index (χ3n) is 6.44. The van der Waals surface area contributed by atoms with Crippen LogP contribution in [0.5, 0.6) is 0 Å². The highest BCUT2D eigenvalue weighted by molar-refractivity contribution is 7.91. The molecule has 29 heavy (non-hydrogen) atoms. The Bertz CT molecular complexity index is 1030. The zero-order valence-corrected chi connectivity index (χ0v) is 17.5. The maximum atomic E-state index is 11.8. The van der Waals surface area contributed by atoms with Crippen molar-refractivity contribution in [3.05, 3.63) is 30.1 Å². The van der Waals surface area contributed by atoms with E-state index >= 15 is 0 Å². The minimum atomic E-state index is -2.93. The number of rotatable bonds is 5. The predicted molar refractivity (Wildman–Crippen MR) is 113 cm³/mol. The van der Waals surface area contributed by atoms with Gasteiger partial charge in [0.1, 0.15) is 12.1 Å². The van der Waals surface area contributed by atoms with E-state index in [0.717, 1.165) is 61.9 Å². The summed E-state index contributed by atoms with van der Waals surface area (Å²) < 4.78 is 23.6. The molecule has 1 aliphatic heterocycles. The second kappa shape index (κ2) is 8.25. The number of hydrogen-bond donors (Lipinski definition) is 1. The Hall–Kier alpha value is -2.24. The molecule has 0 amide bonds. The molecule has 4 rings (SSSR count). The summed E-state index contributed by atoms with van der Waals surface area (Å²) in [7, 11) is -2.93. The first-order valence-corrected chi connectivity index (χ1v) is 12.2. The van der Waals surface area contributed by atoms with Crippen LogP contribution in [0.15, 0.2) is 24.5 Å². The number of likely N-dealkylation sites (tertiary alicyclic amines) is 1. The quantitative estimate of drug-likeness (QED) is 0.804. The van der Waals surface area contributed by atoms with Gasteiger partial charge in [0.2, 0.25) is 0 Å². The lowest BCUT2D eigenvalue weighted by Crippen LogP contribution is -2.38. The van der Waals surface area contributed by atoms with Crippen molar-refractivity contribution in [2.24, 2.45) is 5.92 Å². The molecule has 2 fully saturated rings. The molecule has 0 radical (unpaired) electrons. The summed E-state index contributed by atoms with van der Waals surface area (Å²) in [5.74, 6) is 1.36. The van der Waals surface area contributed by atoms with Crippen LogP contribution in [0.2, 0.25) is 0 Å². The van der Waals surface area contributed by atoms with Gasteiger partial charge in [0.15, 0.2) is 9.84 Å². The molecule has 1 unspecified atom stereocenters. The van der Waals surface area contributed by atoms with E-state index in [2.05, 4.69) is 26.3 Å². The summed E-state index contributed by atoms with van der Waals surface area (Å²) in [5.41, 5.74) is 1.44. The molecule has 1 aromatic heterocycles. The maximum Gasteiger partial charge on any atom is 0.151 e. The third-order valence-corrected chi connectivity index (χ3v) is 8.03. The lowest BCUT2D eigenvalue weighted by atomic mass is 9.85. The lowest BCUT2D eigenvalue weighted by molar-refractivity contribution is 0.168. The van der Waals surface area contributed by atoms with E-state index in [9.17, 15) is 8.42 Å². The van der Waals surface area contributed by atoms with Crippen molar-refractivity contribution in [2.45, 2.75) is 43.4 Å². The first kappa shape index (κ1) is 20.0. The average molecular weight is 414 g/mol. The minimum absolute atomic E-state index is 0.189. The number of nitrogens with one attached hydrogen (secondary N) is 1. The van der Waals surface area contributed by atoms with Crippen molar-refractivity contribution < 1.29 is 8.42 Å². The molecule has 1 aromatic carbocycles. The van der Waals surface area contributed by atoms with Gasteiger partial charge in [-0.3, -0.25) is 4.90 Å². The molecule has 154 valence electrons. The van der Waals surface area contributed by atoms with Gasteiger partial charge < -0.3 is 5.32 Å². The molecular weight excluding hydrogens is 386 g/mol. The fraction of sp³-hybridized carbons (Fsp3) is 0.571. The summed E-state index contributed by atoms with van der Waals surface area (Å²) >= 11 is 0. The predicted octanol–water partition coefficient (Wildman–Crippen LogP) is 2.59. The Morgan fingerprint density at radius 1 is 1.21 bits per heavy atom. The standard InChI is InChI=1S/C21H27N5O2S/c1-29(27,28)18-8-9-26(13-18)17-5-2-15(3-6-17)12-23-21-19-10-16(11-22)4-7-20(19)24-14-25-21/h4,7,10,14-15,17-18H,2-3,5-6,8-9,12-13H2,1H3,(H,23,24,25). The van der Waals surface area contributed by atoms with Gasteiger partial charge in [-0.2, -0.15) is 5.26 Å². The summed E-state index contributed by atoms with van der Waals surface area (Å²) in [5, 5.41) is 13.3. The van der Waals surface area contributed by atoms with Crippen LogP contribution in [0.25, 0.3) is 10.9 Å². The van der Waals surface area contributed by atoms with Crippen LogP contribution in [0, 0.1) is 17.2 Å². The SMILES string of the molecule is CS(=O)(=O)C1CCN(C2CCC(CNc3ncnc4ccc(C#N)cc34)CC2)C1. The van der Waals surface area contributed by atoms with Gasteiger partial charge in [-0.05, 0) is 62.8 Å². The van der Waals surface area contributed by atoms with Crippen molar-refractivity contribution in [1.82, 2.24) is 14.9 Å². The van der Waals surface area contributed by atoms with E-state index in [1.54, 1.807) is 12.4 Å². The Balaban J connectivity index is 1.32. The first-order chi connectivity index (χ1) is 13.9. The molecule has 1 aliphatic carbocycles. The monoisotopic (exact) mass is 413 g/mol. The molecule has 2 aromatic rings. The smallest absolute Gasteiger partial charge is 0.151 e. The van der Waals surface area contributed by atoms with Crippen molar-refractivity contribution in [3.8, 4) is 6.07 Å². The summed E-state index contributed by atoms with van der Waals surface area (Å²) in [6.45, 7) is 2.45. The zero-order chi connectivity index (χ0) is 20.4. The molecule has 1 saturated heterocycles. The fourth-order valence-electron chi connectivity index (χ4n) is 4.66. The molecule has 2 heterocycles. The first-order valence-electron chi connectivity index (χ1n) is 10.3.